The van der Waals surface area contributed by atoms with E-state index in [1.165, 1.54) is 32.1 Å². The van der Waals surface area contributed by atoms with Crippen LogP contribution in [0.25, 0.3) is 0 Å². The topological polar surface area (TPSA) is 41.1 Å². The monoisotopic (exact) mass is 254 g/mol. The van der Waals surface area contributed by atoms with Crippen LogP contribution in [0.5, 0.6) is 0 Å². The number of nitrogens with one attached hydrogen (secondary N) is 2. The molecule has 0 unspecified atom stereocenters. The van der Waals surface area contributed by atoms with E-state index in [0.717, 1.165) is 6.54 Å². The number of hydrogen-bond acceptors (Lipinski definition) is 2. The van der Waals surface area contributed by atoms with Crippen LogP contribution < -0.4 is 10.6 Å². The maximum absolute atomic E-state index is 11.8. The van der Waals surface area contributed by atoms with E-state index in [-0.39, 0.29) is 11.4 Å². The molecule has 3 heteroatoms. The normalized spacial score (nSPS) is 19.6. The van der Waals surface area contributed by atoms with Crippen LogP contribution in [0.3, 0.4) is 0 Å². The van der Waals surface area contributed by atoms with Crippen molar-refractivity contribution < 1.29 is 4.79 Å². The maximum Gasteiger partial charge on any atom is 0.221 e. The fraction of sp³-hybridized carbons (Fsp3) is 0.933. The van der Waals surface area contributed by atoms with Crippen molar-refractivity contribution in [3.8, 4) is 0 Å². The van der Waals surface area contributed by atoms with Gasteiger partial charge in [0.2, 0.25) is 5.91 Å². The van der Waals surface area contributed by atoms with Gasteiger partial charge in [0.25, 0.3) is 0 Å². The van der Waals surface area contributed by atoms with E-state index in [1.807, 2.05) is 0 Å². The average molecular weight is 254 g/mol. The highest BCUT2D eigenvalue weighted by Crippen LogP contribution is 2.26. The van der Waals surface area contributed by atoms with Crippen molar-refractivity contribution in [1.29, 1.82) is 0 Å². The smallest absolute Gasteiger partial charge is 0.221 e. The van der Waals surface area contributed by atoms with Gasteiger partial charge in [0.15, 0.2) is 0 Å². The second kappa shape index (κ2) is 7.13. The first-order valence-electron chi connectivity index (χ1n) is 7.43. The zero-order valence-electron chi connectivity index (χ0n) is 12.5. The summed E-state index contributed by atoms with van der Waals surface area (Å²) in [6.07, 6.45) is 7.16. The Balaban J connectivity index is 2.18. The summed E-state index contributed by atoms with van der Waals surface area (Å²) >= 11 is 0. The van der Waals surface area contributed by atoms with Crippen LogP contribution in [-0.2, 0) is 4.79 Å². The van der Waals surface area contributed by atoms with Crippen molar-refractivity contribution in [3.05, 3.63) is 0 Å². The van der Waals surface area contributed by atoms with E-state index in [9.17, 15) is 4.79 Å². The van der Waals surface area contributed by atoms with Gasteiger partial charge in [-0.25, -0.2) is 0 Å². The van der Waals surface area contributed by atoms with Crippen LogP contribution in [0.15, 0.2) is 0 Å². The standard InChI is InChI=1S/C15H30N2O/c1-12(13-8-6-5-7-9-13)17-14(18)10-11-16-15(2,3)4/h12-13,16H,5-11H2,1-4H3,(H,17,18)/t12-/m0/s1. The third kappa shape index (κ3) is 6.39. The third-order valence-electron chi connectivity index (χ3n) is 3.75. The predicted molar refractivity (Wildman–Crippen MR) is 76.6 cm³/mol. The van der Waals surface area contributed by atoms with Crippen molar-refractivity contribution in [1.82, 2.24) is 10.6 Å². The van der Waals surface area contributed by atoms with Gasteiger partial charge in [-0.1, -0.05) is 19.3 Å². The molecular formula is C15H30N2O. The zero-order valence-corrected chi connectivity index (χ0v) is 12.5. The maximum atomic E-state index is 11.8. The SMILES string of the molecule is C[C@H](NC(=O)CCNC(C)(C)C)C1CCCCC1. The first kappa shape index (κ1) is 15.5. The molecule has 1 aliphatic carbocycles. The summed E-state index contributed by atoms with van der Waals surface area (Å²) in [6, 6.07) is 0.340. The lowest BCUT2D eigenvalue weighted by molar-refractivity contribution is -0.122. The van der Waals surface area contributed by atoms with Crippen LogP contribution >= 0.6 is 0 Å². The Morgan fingerprint density at radius 2 is 1.83 bits per heavy atom. The van der Waals surface area contributed by atoms with Crippen LogP contribution in [0.4, 0.5) is 0 Å². The molecule has 0 aliphatic heterocycles. The number of carbonyl (C=O) groups is 1. The highest BCUT2D eigenvalue weighted by Gasteiger charge is 2.21. The van der Waals surface area contributed by atoms with Gasteiger partial charge < -0.3 is 10.6 Å². The number of amides is 1. The molecule has 0 aromatic carbocycles. The molecule has 0 heterocycles. The summed E-state index contributed by atoms with van der Waals surface area (Å²) in [5.74, 6) is 0.878. The summed E-state index contributed by atoms with van der Waals surface area (Å²) in [5.41, 5.74) is 0.0925. The highest BCUT2D eigenvalue weighted by molar-refractivity contribution is 5.76. The van der Waals surface area contributed by atoms with E-state index < -0.39 is 0 Å². The van der Waals surface area contributed by atoms with Crippen LogP contribution in [0, 0.1) is 5.92 Å². The molecular weight excluding hydrogens is 224 g/mol. The third-order valence-corrected chi connectivity index (χ3v) is 3.75. The van der Waals surface area contributed by atoms with Gasteiger partial charge in [0.1, 0.15) is 0 Å². The Hall–Kier alpha value is -0.570. The molecule has 0 radical (unpaired) electrons. The average Bonchev–Trinajstić information content (AvgIpc) is 2.28. The molecule has 0 saturated heterocycles. The van der Waals surface area contributed by atoms with Crippen LogP contribution in [-0.4, -0.2) is 24.0 Å². The Morgan fingerprint density at radius 3 is 2.39 bits per heavy atom. The summed E-state index contributed by atoms with van der Waals surface area (Å²) in [4.78, 5) is 11.8. The molecule has 1 saturated carbocycles. The second-order valence-electron chi connectivity index (χ2n) is 6.68. The molecule has 3 nitrogen and oxygen atoms in total. The minimum atomic E-state index is 0.0925. The van der Waals surface area contributed by atoms with E-state index >= 15 is 0 Å². The molecule has 1 atom stereocenters. The quantitative estimate of drug-likeness (QED) is 0.792. The van der Waals surface area contributed by atoms with Gasteiger partial charge in [0, 0.05) is 24.5 Å². The summed E-state index contributed by atoms with van der Waals surface area (Å²) in [5, 5.41) is 6.50. The minimum Gasteiger partial charge on any atom is -0.353 e. The Kier molecular flexibility index (Phi) is 6.13. The molecule has 0 aromatic heterocycles. The Labute approximate surface area is 112 Å². The van der Waals surface area contributed by atoms with Crippen molar-refractivity contribution in [2.45, 2.75) is 77.8 Å². The van der Waals surface area contributed by atoms with Gasteiger partial charge in [-0.3, -0.25) is 4.79 Å². The molecule has 18 heavy (non-hydrogen) atoms. The van der Waals surface area contributed by atoms with Crippen molar-refractivity contribution in [3.63, 3.8) is 0 Å². The molecule has 2 N–H and O–H groups in total. The number of carbonyl (C=O) groups excluding carboxylic acids is 1. The van der Waals surface area contributed by atoms with E-state index in [0.29, 0.717) is 18.4 Å². The summed E-state index contributed by atoms with van der Waals surface area (Å²) in [6.45, 7) is 9.28. The van der Waals surface area contributed by atoms with E-state index in [1.54, 1.807) is 0 Å². The largest absolute Gasteiger partial charge is 0.353 e. The second-order valence-corrected chi connectivity index (χ2v) is 6.68. The molecule has 1 amide bonds. The van der Waals surface area contributed by atoms with Crippen LogP contribution in [0.2, 0.25) is 0 Å². The zero-order chi connectivity index (χ0) is 13.6. The van der Waals surface area contributed by atoms with Crippen LogP contribution in [0.1, 0.15) is 66.2 Å². The number of hydrogen-bond donors (Lipinski definition) is 2. The fourth-order valence-electron chi connectivity index (χ4n) is 2.63. The van der Waals surface area contributed by atoms with Crippen molar-refractivity contribution >= 4 is 5.91 Å². The van der Waals surface area contributed by atoms with Gasteiger partial charge in [0.05, 0.1) is 0 Å². The van der Waals surface area contributed by atoms with E-state index in [2.05, 4.69) is 38.3 Å². The first-order chi connectivity index (χ1) is 8.38. The summed E-state index contributed by atoms with van der Waals surface area (Å²) in [7, 11) is 0. The molecule has 1 rings (SSSR count). The summed E-state index contributed by atoms with van der Waals surface area (Å²) < 4.78 is 0. The van der Waals surface area contributed by atoms with Gasteiger partial charge >= 0.3 is 0 Å². The lowest BCUT2D eigenvalue weighted by Gasteiger charge is -2.28. The first-order valence-corrected chi connectivity index (χ1v) is 7.43. The lowest BCUT2D eigenvalue weighted by atomic mass is 9.84. The number of rotatable bonds is 5. The molecule has 106 valence electrons. The highest BCUT2D eigenvalue weighted by atomic mass is 16.1. The Morgan fingerprint density at radius 1 is 1.22 bits per heavy atom. The lowest BCUT2D eigenvalue weighted by Crippen LogP contribution is -2.42. The van der Waals surface area contributed by atoms with Gasteiger partial charge in [-0.2, -0.15) is 0 Å². The van der Waals surface area contributed by atoms with Crippen molar-refractivity contribution in [2.24, 2.45) is 5.92 Å². The molecule has 0 aromatic rings. The molecule has 1 aliphatic rings. The van der Waals surface area contributed by atoms with E-state index in [4.69, 9.17) is 0 Å². The van der Waals surface area contributed by atoms with Gasteiger partial charge in [-0.15, -0.1) is 0 Å². The van der Waals surface area contributed by atoms with Gasteiger partial charge in [-0.05, 0) is 46.5 Å². The molecule has 1 fully saturated rings. The van der Waals surface area contributed by atoms with Crippen molar-refractivity contribution in [2.75, 3.05) is 6.54 Å². The molecule has 0 bridgehead atoms. The molecule has 0 spiro atoms. The Bertz CT molecular complexity index is 252. The minimum absolute atomic E-state index is 0.0925. The predicted octanol–water partition coefficient (Wildman–Crippen LogP) is 2.85. The fourth-order valence-corrected chi connectivity index (χ4v) is 2.63.